The number of nitrogen functional groups attached to an aromatic ring is 2. The Morgan fingerprint density at radius 3 is 2.00 bits per heavy atom. The third-order valence-corrected chi connectivity index (χ3v) is 7.09. The molecule has 0 bridgehead atoms. The summed E-state index contributed by atoms with van der Waals surface area (Å²) < 4.78 is 22.2. The average molecular weight is 466 g/mol. The first-order valence-electron chi connectivity index (χ1n) is 12.0. The van der Waals surface area contributed by atoms with Crippen molar-refractivity contribution < 1.29 is 23.7 Å². The fraction of sp³-hybridized carbons (Fsp3) is 0.500. The second-order valence-corrected chi connectivity index (χ2v) is 9.79. The van der Waals surface area contributed by atoms with Crippen LogP contribution in [0.1, 0.15) is 32.6 Å². The summed E-state index contributed by atoms with van der Waals surface area (Å²) in [6, 6.07) is 7.44. The quantitative estimate of drug-likeness (QED) is 0.407. The van der Waals surface area contributed by atoms with Crippen LogP contribution in [0.25, 0.3) is 0 Å². The van der Waals surface area contributed by atoms with E-state index in [1.807, 2.05) is 24.3 Å². The molecule has 8 heteroatoms. The lowest BCUT2D eigenvalue weighted by Crippen LogP contribution is -2.36. The van der Waals surface area contributed by atoms with E-state index in [1.165, 1.54) is 0 Å². The third-order valence-electron chi connectivity index (χ3n) is 7.09. The van der Waals surface area contributed by atoms with Crippen molar-refractivity contribution in [3.05, 3.63) is 52.1 Å². The molecule has 1 amide bonds. The zero-order chi connectivity index (χ0) is 23.4. The van der Waals surface area contributed by atoms with Gasteiger partial charge >= 0.3 is 0 Å². The smallest absolute Gasteiger partial charge is 0.259 e. The van der Waals surface area contributed by atoms with Gasteiger partial charge in [0.2, 0.25) is 0 Å². The zero-order valence-electron chi connectivity index (χ0n) is 19.4. The van der Waals surface area contributed by atoms with Gasteiger partial charge in [0.1, 0.15) is 0 Å². The van der Waals surface area contributed by atoms with E-state index in [0.29, 0.717) is 56.1 Å². The minimum atomic E-state index is -0.0728. The lowest BCUT2D eigenvalue weighted by Gasteiger charge is -2.28. The van der Waals surface area contributed by atoms with Crippen LogP contribution in [-0.4, -0.2) is 63.3 Å². The number of hydrogen-bond acceptors (Lipinski definition) is 7. The predicted octanol–water partition coefficient (Wildman–Crippen LogP) is 2.03. The van der Waals surface area contributed by atoms with Crippen molar-refractivity contribution >= 4 is 23.0 Å². The summed E-state index contributed by atoms with van der Waals surface area (Å²) in [5, 5.41) is 0. The Bertz CT molecular complexity index is 1080. The monoisotopic (exact) mass is 465 g/mol. The first-order valence-corrected chi connectivity index (χ1v) is 12.0. The van der Waals surface area contributed by atoms with Crippen molar-refractivity contribution in [3.63, 3.8) is 0 Å². The van der Waals surface area contributed by atoms with Gasteiger partial charge in [-0.3, -0.25) is 4.79 Å². The molecule has 4 atom stereocenters. The maximum atomic E-state index is 14.4. The Hall–Kier alpha value is -2.65. The van der Waals surface area contributed by atoms with Gasteiger partial charge in [0.05, 0.1) is 57.4 Å². The average Bonchev–Trinajstić information content (AvgIpc) is 3.63. The number of nitrogens with two attached hydrogens (primary N) is 2. The first kappa shape index (κ1) is 21.9. The van der Waals surface area contributed by atoms with Crippen LogP contribution >= 0.6 is 0 Å². The molecule has 2 aromatic carbocycles. The fourth-order valence-corrected chi connectivity index (χ4v) is 4.81. The number of epoxide rings is 4. The maximum Gasteiger partial charge on any atom is 0.259 e. The number of carbonyl (C=O) groups excluding carboxylic acids is 1. The van der Waals surface area contributed by atoms with Crippen molar-refractivity contribution in [1.29, 1.82) is 0 Å². The van der Waals surface area contributed by atoms with Gasteiger partial charge in [-0.1, -0.05) is 6.07 Å². The summed E-state index contributed by atoms with van der Waals surface area (Å²) in [6.45, 7) is 5.37. The molecule has 0 radical (unpaired) electrons. The van der Waals surface area contributed by atoms with Gasteiger partial charge in [-0.05, 0) is 47.4 Å². The summed E-state index contributed by atoms with van der Waals surface area (Å²) in [4.78, 5) is 16.2. The SMILES string of the molecule is Cc1c(CC2CO2)c(N)c(CC2CO2)c(C(=O)N(CC2CO2)c2cccc(N)c2)c1CC1CO1. The normalized spacial score (nSPS) is 26.3. The molecule has 4 unspecified atom stereocenters. The highest BCUT2D eigenvalue weighted by atomic mass is 16.6. The van der Waals surface area contributed by atoms with Crippen LogP contribution in [0.5, 0.6) is 0 Å². The summed E-state index contributed by atoms with van der Waals surface area (Å²) in [6.07, 6.45) is 2.53. The molecule has 0 aliphatic carbocycles. The number of hydrogen-bond donors (Lipinski definition) is 2. The predicted molar refractivity (Wildman–Crippen MR) is 128 cm³/mol. The lowest BCUT2D eigenvalue weighted by atomic mass is 9.84. The molecular weight excluding hydrogens is 434 g/mol. The molecule has 0 saturated carbocycles. The van der Waals surface area contributed by atoms with Crippen molar-refractivity contribution in [3.8, 4) is 0 Å². The van der Waals surface area contributed by atoms with Gasteiger partial charge < -0.3 is 35.3 Å². The molecule has 4 N–H and O–H groups in total. The van der Waals surface area contributed by atoms with Crippen LogP contribution in [-0.2, 0) is 38.2 Å². The van der Waals surface area contributed by atoms with E-state index in [9.17, 15) is 4.79 Å². The van der Waals surface area contributed by atoms with Crippen LogP contribution in [0.15, 0.2) is 24.3 Å². The third kappa shape index (κ3) is 4.63. The molecule has 180 valence electrons. The van der Waals surface area contributed by atoms with Gasteiger partial charge in [0.15, 0.2) is 0 Å². The molecule has 4 saturated heterocycles. The summed E-state index contributed by atoms with van der Waals surface area (Å²) in [5.74, 6) is -0.0728. The van der Waals surface area contributed by atoms with Gasteiger partial charge in [-0.2, -0.15) is 0 Å². The number of ether oxygens (including phenoxy) is 4. The molecule has 4 heterocycles. The molecule has 8 nitrogen and oxygen atoms in total. The number of nitrogens with zero attached hydrogens (tertiary/aromatic N) is 1. The highest BCUT2D eigenvalue weighted by Crippen LogP contribution is 2.38. The summed E-state index contributed by atoms with van der Waals surface area (Å²) in [7, 11) is 0. The van der Waals surface area contributed by atoms with Crippen molar-refractivity contribution in [2.45, 2.75) is 50.6 Å². The van der Waals surface area contributed by atoms with Crippen LogP contribution in [0.2, 0.25) is 0 Å². The van der Waals surface area contributed by atoms with Crippen molar-refractivity contribution in [1.82, 2.24) is 0 Å². The maximum absolute atomic E-state index is 14.4. The van der Waals surface area contributed by atoms with Crippen molar-refractivity contribution in [2.24, 2.45) is 0 Å². The molecule has 6 rings (SSSR count). The van der Waals surface area contributed by atoms with Crippen molar-refractivity contribution in [2.75, 3.05) is 49.3 Å². The topological polar surface area (TPSA) is 122 Å². The molecule has 4 aliphatic heterocycles. The largest absolute Gasteiger partial charge is 0.399 e. The second-order valence-electron chi connectivity index (χ2n) is 9.79. The van der Waals surface area contributed by atoms with E-state index in [2.05, 4.69) is 6.92 Å². The van der Waals surface area contributed by atoms with Crippen LogP contribution in [0.4, 0.5) is 17.1 Å². The Morgan fingerprint density at radius 1 is 0.882 bits per heavy atom. The Kier molecular flexibility index (Phi) is 5.49. The minimum absolute atomic E-state index is 0.0283. The number of benzene rings is 2. The van der Waals surface area contributed by atoms with E-state index in [-0.39, 0.29) is 30.3 Å². The van der Waals surface area contributed by atoms with Crippen LogP contribution in [0, 0.1) is 6.92 Å². The molecular formula is C26H31N3O5. The number of rotatable bonds is 10. The molecule has 4 aliphatic rings. The lowest BCUT2D eigenvalue weighted by molar-refractivity contribution is 0.0982. The van der Waals surface area contributed by atoms with Gasteiger partial charge in [-0.15, -0.1) is 0 Å². The zero-order valence-corrected chi connectivity index (χ0v) is 19.4. The number of anilines is 3. The van der Waals surface area contributed by atoms with Crippen LogP contribution in [0.3, 0.4) is 0 Å². The van der Waals surface area contributed by atoms with E-state index < -0.39 is 0 Å². The molecule has 0 aromatic heterocycles. The van der Waals surface area contributed by atoms with Gasteiger partial charge in [0, 0.05) is 41.9 Å². The van der Waals surface area contributed by atoms with E-state index in [0.717, 1.165) is 41.0 Å². The first-order chi connectivity index (χ1) is 16.5. The standard InChI is InChI=1S/C26H31N3O5/c1-14-21(6-17-10-31-17)24(23(8-19-12-33-19)25(28)22(14)7-18-11-32-18)26(30)29(9-20-13-34-20)16-4-2-3-15(27)5-16/h2-5,17-20H,6-13,27-28H2,1H3. The fourth-order valence-electron chi connectivity index (χ4n) is 4.81. The molecule has 4 fully saturated rings. The van der Waals surface area contributed by atoms with Gasteiger partial charge in [-0.25, -0.2) is 0 Å². The number of carbonyl (C=O) groups is 1. The molecule has 34 heavy (non-hydrogen) atoms. The Balaban J connectivity index is 1.48. The minimum Gasteiger partial charge on any atom is -0.399 e. The highest BCUT2D eigenvalue weighted by molar-refractivity contribution is 6.09. The Labute approximate surface area is 199 Å². The summed E-state index contributed by atoms with van der Waals surface area (Å²) in [5.41, 5.74) is 19.7. The van der Waals surface area contributed by atoms with Crippen LogP contribution < -0.4 is 16.4 Å². The summed E-state index contributed by atoms with van der Waals surface area (Å²) >= 11 is 0. The van der Waals surface area contributed by atoms with Gasteiger partial charge in [0.25, 0.3) is 5.91 Å². The van der Waals surface area contributed by atoms with E-state index >= 15 is 0 Å². The molecule has 2 aromatic rings. The highest BCUT2D eigenvalue weighted by Gasteiger charge is 2.37. The van der Waals surface area contributed by atoms with E-state index in [4.69, 9.17) is 30.4 Å². The molecule has 0 spiro atoms. The second kappa shape index (κ2) is 8.53. The Morgan fingerprint density at radius 2 is 1.44 bits per heavy atom. The number of amides is 1. The van der Waals surface area contributed by atoms with E-state index in [1.54, 1.807) is 4.90 Å².